The maximum absolute atomic E-state index is 11.1. The molecule has 0 spiro atoms. The van der Waals surface area contributed by atoms with E-state index in [1.54, 1.807) is 18.2 Å². The number of nitro groups is 1. The number of non-ortho nitro benzene ring substituents is 1. The van der Waals surface area contributed by atoms with Gasteiger partial charge in [0.2, 0.25) is 0 Å². The second-order valence-corrected chi connectivity index (χ2v) is 4.60. The summed E-state index contributed by atoms with van der Waals surface area (Å²) in [4.78, 5) is 21.2. The van der Waals surface area contributed by atoms with Crippen molar-refractivity contribution >= 4 is 11.7 Å². The van der Waals surface area contributed by atoms with E-state index >= 15 is 0 Å². The quantitative estimate of drug-likeness (QED) is 0.340. The zero-order valence-electron chi connectivity index (χ0n) is 11.5. The molecule has 0 amide bonds. The van der Waals surface area contributed by atoms with Crippen LogP contribution in [0.2, 0.25) is 0 Å². The van der Waals surface area contributed by atoms with E-state index in [9.17, 15) is 14.9 Å². The van der Waals surface area contributed by atoms with Gasteiger partial charge in [0.05, 0.1) is 4.92 Å². The van der Waals surface area contributed by atoms with Crippen LogP contribution in [0.1, 0.15) is 38.2 Å². The average molecular weight is 277 g/mol. The van der Waals surface area contributed by atoms with Crippen LogP contribution in [-0.2, 0) is 11.2 Å². The number of benzene rings is 1. The first-order valence-electron chi connectivity index (χ1n) is 6.70. The molecule has 5 nitrogen and oxygen atoms in total. The number of nitrogens with zero attached hydrogens (tertiary/aromatic N) is 1. The topological polar surface area (TPSA) is 80.4 Å². The van der Waals surface area contributed by atoms with Gasteiger partial charge in [-0.2, -0.15) is 0 Å². The van der Waals surface area contributed by atoms with Crippen molar-refractivity contribution in [3.05, 3.63) is 51.6 Å². The Balaban J connectivity index is 2.61. The van der Waals surface area contributed by atoms with E-state index in [-0.39, 0.29) is 5.69 Å². The smallest absolute Gasteiger partial charge is 0.331 e. The van der Waals surface area contributed by atoms with Gasteiger partial charge < -0.3 is 5.11 Å². The highest BCUT2D eigenvalue weighted by atomic mass is 16.6. The van der Waals surface area contributed by atoms with E-state index in [0.29, 0.717) is 18.4 Å². The van der Waals surface area contributed by atoms with E-state index in [4.69, 9.17) is 5.11 Å². The van der Waals surface area contributed by atoms with Gasteiger partial charge in [0.25, 0.3) is 5.69 Å². The SMILES string of the molecule is CCCCC=C(CCc1ccc([N+](=O)[O-])cc1)C(=O)O. The zero-order chi connectivity index (χ0) is 15.0. The summed E-state index contributed by atoms with van der Waals surface area (Å²) in [6.45, 7) is 2.06. The van der Waals surface area contributed by atoms with E-state index in [1.165, 1.54) is 12.1 Å². The third-order valence-corrected chi connectivity index (χ3v) is 3.05. The van der Waals surface area contributed by atoms with Crippen LogP contribution in [0.4, 0.5) is 5.69 Å². The summed E-state index contributed by atoms with van der Waals surface area (Å²) in [5.41, 5.74) is 1.36. The average Bonchev–Trinajstić information content (AvgIpc) is 2.42. The molecule has 108 valence electrons. The molecule has 0 radical (unpaired) electrons. The second-order valence-electron chi connectivity index (χ2n) is 4.60. The molecule has 20 heavy (non-hydrogen) atoms. The van der Waals surface area contributed by atoms with E-state index in [0.717, 1.165) is 24.8 Å². The Hall–Kier alpha value is -2.17. The third-order valence-electron chi connectivity index (χ3n) is 3.05. The monoisotopic (exact) mass is 277 g/mol. The highest BCUT2D eigenvalue weighted by Gasteiger charge is 2.08. The number of carboxylic acids is 1. The van der Waals surface area contributed by atoms with Crippen LogP contribution in [0, 0.1) is 10.1 Å². The van der Waals surface area contributed by atoms with Crippen LogP contribution < -0.4 is 0 Å². The van der Waals surface area contributed by atoms with E-state index < -0.39 is 10.9 Å². The molecular formula is C15H19NO4. The molecule has 0 aliphatic heterocycles. The number of nitro benzene ring substituents is 1. The predicted molar refractivity (Wildman–Crippen MR) is 76.7 cm³/mol. The number of carboxylic acid groups (broad SMARTS) is 1. The first-order valence-corrected chi connectivity index (χ1v) is 6.70. The zero-order valence-corrected chi connectivity index (χ0v) is 11.5. The van der Waals surface area contributed by atoms with Crippen molar-refractivity contribution in [3.8, 4) is 0 Å². The molecule has 1 N–H and O–H groups in total. The molecule has 0 unspecified atom stereocenters. The van der Waals surface area contributed by atoms with Gasteiger partial charge in [-0.1, -0.05) is 38.0 Å². The number of aliphatic carboxylic acids is 1. The molecule has 0 saturated heterocycles. The summed E-state index contributed by atoms with van der Waals surface area (Å²) >= 11 is 0. The van der Waals surface area contributed by atoms with E-state index in [2.05, 4.69) is 6.92 Å². The molecular weight excluding hydrogens is 258 g/mol. The van der Waals surface area contributed by atoms with Crippen LogP contribution in [0.5, 0.6) is 0 Å². The van der Waals surface area contributed by atoms with Crippen molar-refractivity contribution in [1.82, 2.24) is 0 Å². The highest BCUT2D eigenvalue weighted by Crippen LogP contribution is 2.15. The summed E-state index contributed by atoms with van der Waals surface area (Å²) in [6, 6.07) is 6.22. The fourth-order valence-corrected chi connectivity index (χ4v) is 1.84. The number of allylic oxidation sites excluding steroid dienone is 1. The van der Waals surface area contributed by atoms with Gasteiger partial charge in [-0.15, -0.1) is 0 Å². The molecule has 5 heteroatoms. The lowest BCUT2D eigenvalue weighted by Gasteiger charge is -2.03. The Labute approximate surface area is 118 Å². The molecule has 0 saturated carbocycles. The minimum absolute atomic E-state index is 0.0469. The van der Waals surface area contributed by atoms with Crippen molar-refractivity contribution in [2.24, 2.45) is 0 Å². The van der Waals surface area contributed by atoms with Gasteiger partial charge in [-0.3, -0.25) is 10.1 Å². The summed E-state index contributed by atoms with van der Waals surface area (Å²) in [6.07, 6.45) is 5.58. The number of hydrogen-bond donors (Lipinski definition) is 1. The molecule has 0 heterocycles. The molecule has 0 atom stereocenters. The van der Waals surface area contributed by atoms with Crippen molar-refractivity contribution in [1.29, 1.82) is 0 Å². The fraction of sp³-hybridized carbons (Fsp3) is 0.400. The largest absolute Gasteiger partial charge is 0.478 e. The lowest BCUT2D eigenvalue weighted by Crippen LogP contribution is -2.02. The van der Waals surface area contributed by atoms with Crippen LogP contribution in [0.15, 0.2) is 35.9 Å². The van der Waals surface area contributed by atoms with Gasteiger partial charge >= 0.3 is 5.97 Å². The summed E-state index contributed by atoms with van der Waals surface area (Å²) < 4.78 is 0. The fourth-order valence-electron chi connectivity index (χ4n) is 1.84. The van der Waals surface area contributed by atoms with Crippen molar-refractivity contribution in [3.63, 3.8) is 0 Å². The molecule has 0 bridgehead atoms. The lowest BCUT2D eigenvalue weighted by molar-refractivity contribution is -0.384. The Kier molecular flexibility index (Phi) is 6.43. The van der Waals surface area contributed by atoms with Gasteiger partial charge in [-0.05, 0) is 24.8 Å². The molecule has 1 rings (SSSR count). The predicted octanol–water partition coefficient (Wildman–Crippen LogP) is 3.73. The molecule has 0 aromatic heterocycles. The van der Waals surface area contributed by atoms with Gasteiger partial charge in [-0.25, -0.2) is 4.79 Å². The van der Waals surface area contributed by atoms with Crippen LogP contribution in [-0.4, -0.2) is 16.0 Å². The maximum Gasteiger partial charge on any atom is 0.331 e. The normalized spacial score (nSPS) is 11.3. The van der Waals surface area contributed by atoms with E-state index in [1.807, 2.05) is 0 Å². The van der Waals surface area contributed by atoms with Gasteiger partial charge in [0.15, 0.2) is 0 Å². The number of unbranched alkanes of at least 4 members (excludes halogenated alkanes) is 2. The van der Waals surface area contributed by atoms with Crippen molar-refractivity contribution in [2.75, 3.05) is 0 Å². The summed E-state index contributed by atoms with van der Waals surface area (Å²) in [5.74, 6) is -0.886. The van der Waals surface area contributed by atoms with Crippen molar-refractivity contribution < 1.29 is 14.8 Å². The highest BCUT2D eigenvalue weighted by molar-refractivity contribution is 5.86. The van der Waals surface area contributed by atoms with Gasteiger partial charge in [0, 0.05) is 17.7 Å². The van der Waals surface area contributed by atoms with Crippen molar-refractivity contribution in [2.45, 2.75) is 39.0 Å². The maximum atomic E-state index is 11.1. The number of carbonyl (C=O) groups is 1. The first-order chi connectivity index (χ1) is 9.54. The lowest BCUT2D eigenvalue weighted by atomic mass is 10.0. The number of hydrogen-bond acceptors (Lipinski definition) is 3. The third kappa shape index (κ3) is 5.22. The molecule has 1 aromatic rings. The minimum Gasteiger partial charge on any atom is -0.478 e. The van der Waals surface area contributed by atoms with Crippen LogP contribution >= 0.6 is 0 Å². The van der Waals surface area contributed by atoms with Gasteiger partial charge in [0.1, 0.15) is 0 Å². The molecule has 1 aromatic carbocycles. The molecule has 0 aliphatic carbocycles. The summed E-state index contributed by atoms with van der Waals surface area (Å²) in [5, 5.41) is 19.6. The molecule has 0 fully saturated rings. The Morgan fingerprint density at radius 3 is 2.50 bits per heavy atom. The van der Waals surface area contributed by atoms with Crippen LogP contribution in [0.3, 0.4) is 0 Å². The first kappa shape index (κ1) is 15.9. The Morgan fingerprint density at radius 2 is 2.00 bits per heavy atom. The Bertz CT molecular complexity index is 491. The second kappa shape index (κ2) is 8.09. The number of rotatable bonds is 8. The van der Waals surface area contributed by atoms with Crippen LogP contribution in [0.25, 0.3) is 0 Å². The number of aryl methyl sites for hydroxylation is 1. The molecule has 0 aliphatic rings. The Morgan fingerprint density at radius 1 is 1.35 bits per heavy atom. The minimum atomic E-state index is -0.886. The summed E-state index contributed by atoms with van der Waals surface area (Å²) in [7, 11) is 0. The standard InChI is InChI=1S/C15H19NO4/c1-2-3-4-5-13(15(17)18)9-6-12-7-10-14(11-8-12)16(19)20/h5,7-8,10-11H,2-4,6,9H2,1H3,(H,17,18).